The van der Waals surface area contributed by atoms with Gasteiger partial charge in [-0.1, -0.05) is 66.7 Å². The first kappa shape index (κ1) is 19.4. The Balaban J connectivity index is 1.32. The van der Waals surface area contributed by atoms with Crippen LogP contribution in [0.3, 0.4) is 0 Å². The number of anilines is 2. The number of benzene rings is 3. The van der Waals surface area contributed by atoms with Gasteiger partial charge < -0.3 is 10.6 Å². The van der Waals surface area contributed by atoms with Crippen LogP contribution < -0.4 is 10.6 Å². The first-order chi connectivity index (χ1) is 16.4. The minimum Gasteiger partial charge on any atom is -0.338 e. The smallest absolute Gasteiger partial charge is 0.171 e. The van der Waals surface area contributed by atoms with Gasteiger partial charge in [-0.3, -0.25) is 4.57 Å². The van der Waals surface area contributed by atoms with Gasteiger partial charge in [-0.15, -0.1) is 10.2 Å². The second kappa shape index (κ2) is 8.33. The highest BCUT2D eigenvalue weighted by Gasteiger charge is 2.24. The molecular formula is C27H22N6. The quantitative estimate of drug-likeness (QED) is 0.386. The molecule has 0 aliphatic carbocycles. The normalized spacial score (nSPS) is 11.6. The highest BCUT2D eigenvalue weighted by molar-refractivity contribution is 5.84. The van der Waals surface area contributed by atoms with E-state index < -0.39 is 0 Å². The minimum atomic E-state index is 0.784. The molecular weight excluding hydrogens is 408 g/mol. The molecule has 2 N–H and O–H groups in total. The van der Waals surface area contributed by atoms with Gasteiger partial charge in [0.1, 0.15) is 0 Å². The van der Waals surface area contributed by atoms with E-state index in [1.165, 1.54) is 11.1 Å². The van der Waals surface area contributed by atoms with Crippen molar-refractivity contribution in [1.29, 1.82) is 0 Å². The number of para-hydroxylation sites is 1. The third kappa shape index (κ3) is 3.66. The average molecular weight is 431 g/mol. The molecule has 33 heavy (non-hydrogen) atoms. The van der Waals surface area contributed by atoms with Crippen molar-refractivity contribution in [2.24, 2.45) is 0 Å². The highest BCUT2D eigenvalue weighted by atomic mass is 15.3. The van der Waals surface area contributed by atoms with Gasteiger partial charge in [0.2, 0.25) is 0 Å². The summed E-state index contributed by atoms with van der Waals surface area (Å²) in [4.78, 5) is 4.57. The van der Waals surface area contributed by atoms with Crippen LogP contribution in [-0.4, -0.2) is 19.7 Å². The number of nitrogens with one attached hydrogen (secondary N) is 2. The third-order valence-corrected chi connectivity index (χ3v) is 5.82. The Labute approximate surface area is 192 Å². The lowest BCUT2D eigenvalue weighted by Crippen LogP contribution is -2.12. The van der Waals surface area contributed by atoms with E-state index in [1.54, 1.807) is 6.20 Å². The standard InChI is InChI=1S/C27H22N6/c1-2-7-19(8-3-1)17-28-18-20-12-14-21(15-13-20)26-31-32-27-22-9-4-5-10-23(22)30-25-24(33(26)27)11-6-16-29-25/h1-16,28H,17-18H2,(H,29,30). The number of aromatic nitrogens is 4. The predicted molar refractivity (Wildman–Crippen MR) is 130 cm³/mol. The summed E-state index contributed by atoms with van der Waals surface area (Å²) >= 11 is 0. The predicted octanol–water partition coefficient (Wildman–Crippen LogP) is 5.34. The molecule has 1 aliphatic heterocycles. The fraction of sp³-hybridized carbons (Fsp3) is 0.0741. The van der Waals surface area contributed by atoms with Crippen molar-refractivity contribution < 1.29 is 0 Å². The second-order valence-electron chi connectivity index (χ2n) is 8.01. The highest BCUT2D eigenvalue weighted by Crippen LogP contribution is 2.38. The van der Waals surface area contributed by atoms with E-state index in [-0.39, 0.29) is 0 Å². The number of hydrogen-bond donors (Lipinski definition) is 2. The van der Waals surface area contributed by atoms with Crippen molar-refractivity contribution >= 4 is 11.5 Å². The van der Waals surface area contributed by atoms with Crippen LogP contribution in [0.15, 0.2) is 97.2 Å². The molecule has 6 nitrogen and oxygen atoms in total. The maximum absolute atomic E-state index is 4.58. The summed E-state index contributed by atoms with van der Waals surface area (Å²) in [6, 6.07) is 31.0. The van der Waals surface area contributed by atoms with Crippen molar-refractivity contribution in [2.75, 3.05) is 5.32 Å². The van der Waals surface area contributed by atoms with Crippen LogP contribution in [0, 0.1) is 0 Å². The van der Waals surface area contributed by atoms with Crippen LogP contribution in [0.25, 0.3) is 28.5 Å². The number of rotatable bonds is 5. The van der Waals surface area contributed by atoms with E-state index in [0.29, 0.717) is 0 Å². The van der Waals surface area contributed by atoms with E-state index in [9.17, 15) is 0 Å². The Morgan fingerprint density at radius 1 is 0.697 bits per heavy atom. The molecule has 1 aliphatic rings. The molecule has 3 aromatic carbocycles. The van der Waals surface area contributed by atoms with E-state index in [1.807, 2.05) is 36.4 Å². The van der Waals surface area contributed by atoms with Gasteiger partial charge in [-0.05, 0) is 35.4 Å². The molecule has 2 aromatic heterocycles. The SMILES string of the molecule is c1ccc(CNCc2ccc(-c3nnc4n3-c3cccnc3Nc3ccccc3-4)cc2)cc1. The summed E-state index contributed by atoms with van der Waals surface area (Å²) in [5.41, 5.74) is 6.40. The van der Waals surface area contributed by atoms with Crippen LogP contribution in [0.4, 0.5) is 11.5 Å². The van der Waals surface area contributed by atoms with Gasteiger partial charge in [0.25, 0.3) is 0 Å². The van der Waals surface area contributed by atoms with Crippen LogP contribution >= 0.6 is 0 Å². The molecule has 6 rings (SSSR count). The lowest BCUT2D eigenvalue weighted by Gasteiger charge is -2.11. The first-order valence-corrected chi connectivity index (χ1v) is 11.0. The lowest BCUT2D eigenvalue weighted by molar-refractivity contribution is 0.693. The van der Waals surface area contributed by atoms with Crippen LogP contribution in [0.1, 0.15) is 11.1 Å². The van der Waals surface area contributed by atoms with Crippen molar-refractivity contribution in [2.45, 2.75) is 13.1 Å². The number of hydrogen-bond acceptors (Lipinski definition) is 5. The van der Waals surface area contributed by atoms with Gasteiger partial charge in [0.05, 0.1) is 11.4 Å². The van der Waals surface area contributed by atoms with E-state index in [2.05, 4.69) is 85.0 Å². The van der Waals surface area contributed by atoms with Gasteiger partial charge in [0, 0.05) is 30.4 Å². The number of nitrogens with zero attached hydrogens (tertiary/aromatic N) is 4. The molecule has 0 bridgehead atoms. The Kier molecular flexibility index (Phi) is 4.90. The zero-order valence-corrected chi connectivity index (χ0v) is 17.9. The van der Waals surface area contributed by atoms with Crippen molar-refractivity contribution in [3.8, 4) is 28.5 Å². The van der Waals surface area contributed by atoms with Crippen LogP contribution in [-0.2, 0) is 13.1 Å². The topological polar surface area (TPSA) is 67.7 Å². The molecule has 160 valence electrons. The minimum absolute atomic E-state index is 0.784. The lowest BCUT2D eigenvalue weighted by atomic mass is 10.1. The number of fused-ring (bicyclic) bond motifs is 5. The summed E-state index contributed by atoms with van der Waals surface area (Å²) in [6.07, 6.45) is 1.79. The third-order valence-electron chi connectivity index (χ3n) is 5.82. The van der Waals surface area contributed by atoms with E-state index in [0.717, 1.165) is 53.1 Å². The maximum Gasteiger partial charge on any atom is 0.171 e. The van der Waals surface area contributed by atoms with Gasteiger partial charge in [0.15, 0.2) is 17.5 Å². The van der Waals surface area contributed by atoms with Crippen LogP contribution in [0.5, 0.6) is 0 Å². The summed E-state index contributed by atoms with van der Waals surface area (Å²) in [6.45, 7) is 1.65. The van der Waals surface area contributed by atoms with Crippen molar-refractivity contribution in [1.82, 2.24) is 25.1 Å². The number of pyridine rings is 1. The Hall–Kier alpha value is -4.29. The fourth-order valence-corrected chi connectivity index (χ4v) is 4.18. The van der Waals surface area contributed by atoms with E-state index in [4.69, 9.17) is 0 Å². The van der Waals surface area contributed by atoms with Gasteiger partial charge >= 0.3 is 0 Å². The average Bonchev–Trinajstić information content (AvgIpc) is 3.25. The summed E-state index contributed by atoms with van der Waals surface area (Å²) in [7, 11) is 0. The summed E-state index contributed by atoms with van der Waals surface area (Å²) < 4.78 is 2.09. The molecule has 0 spiro atoms. The molecule has 6 heteroatoms. The molecule has 0 fully saturated rings. The monoisotopic (exact) mass is 430 g/mol. The van der Waals surface area contributed by atoms with Crippen molar-refractivity contribution in [3.63, 3.8) is 0 Å². The molecule has 0 saturated carbocycles. The summed E-state index contributed by atoms with van der Waals surface area (Å²) in [5.74, 6) is 2.38. The first-order valence-electron chi connectivity index (χ1n) is 11.0. The molecule has 0 saturated heterocycles. The Morgan fingerprint density at radius 2 is 1.42 bits per heavy atom. The largest absolute Gasteiger partial charge is 0.338 e. The van der Waals surface area contributed by atoms with Crippen LogP contribution in [0.2, 0.25) is 0 Å². The Morgan fingerprint density at radius 3 is 2.27 bits per heavy atom. The zero-order chi connectivity index (χ0) is 22.0. The van der Waals surface area contributed by atoms with Gasteiger partial charge in [-0.2, -0.15) is 0 Å². The molecule has 0 radical (unpaired) electrons. The fourth-order valence-electron chi connectivity index (χ4n) is 4.18. The van der Waals surface area contributed by atoms with Crippen molar-refractivity contribution in [3.05, 3.63) is 108 Å². The zero-order valence-electron chi connectivity index (χ0n) is 17.9. The van der Waals surface area contributed by atoms with Gasteiger partial charge in [-0.25, -0.2) is 4.98 Å². The molecule has 0 unspecified atom stereocenters. The molecule has 5 aromatic rings. The molecule has 3 heterocycles. The maximum atomic E-state index is 4.58. The summed E-state index contributed by atoms with van der Waals surface area (Å²) in [5, 5.41) is 16.1. The molecule has 0 amide bonds. The molecule has 0 atom stereocenters. The Bertz CT molecular complexity index is 1410. The van der Waals surface area contributed by atoms with E-state index >= 15 is 0 Å². The second-order valence-corrected chi connectivity index (χ2v) is 8.01.